The summed E-state index contributed by atoms with van der Waals surface area (Å²) >= 11 is 0. The van der Waals surface area contributed by atoms with Crippen LogP contribution in [0, 0.1) is 6.92 Å². The van der Waals surface area contributed by atoms with Crippen molar-refractivity contribution in [3.8, 4) is 16.9 Å². The van der Waals surface area contributed by atoms with Crippen LogP contribution in [-0.2, 0) is 6.42 Å². The molecule has 0 radical (unpaired) electrons. The first kappa shape index (κ1) is 13.7. The highest BCUT2D eigenvalue weighted by atomic mass is 16.5. The Bertz CT molecular complexity index is 774. The molecule has 3 heteroatoms. The Kier molecular flexibility index (Phi) is 3.67. The third kappa shape index (κ3) is 2.41. The van der Waals surface area contributed by atoms with Gasteiger partial charge in [-0.3, -0.25) is 0 Å². The molecule has 0 saturated heterocycles. The minimum Gasteiger partial charge on any atom is -0.496 e. The zero-order valence-electron chi connectivity index (χ0n) is 12.4. The SMILES string of the molecule is COc1ccc(CCN)cc1-c1c(C)[nH]c2ccccc12. The first-order valence-electron chi connectivity index (χ1n) is 7.19. The zero-order chi connectivity index (χ0) is 14.8. The van der Waals surface area contributed by atoms with E-state index in [0.29, 0.717) is 6.54 Å². The molecule has 0 aliphatic heterocycles. The fourth-order valence-electron chi connectivity index (χ4n) is 2.90. The molecule has 0 aliphatic carbocycles. The van der Waals surface area contributed by atoms with Gasteiger partial charge in [0.1, 0.15) is 5.75 Å². The maximum absolute atomic E-state index is 5.68. The molecule has 0 fully saturated rings. The molecule has 0 unspecified atom stereocenters. The monoisotopic (exact) mass is 280 g/mol. The maximum Gasteiger partial charge on any atom is 0.126 e. The molecule has 21 heavy (non-hydrogen) atoms. The van der Waals surface area contributed by atoms with Gasteiger partial charge in [0.15, 0.2) is 0 Å². The van der Waals surface area contributed by atoms with Gasteiger partial charge in [-0.15, -0.1) is 0 Å². The average molecular weight is 280 g/mol. The molecule has 1 heterocycles. The smallest absolute Gasteiger partial charge is 0.126 e. The molecular formula is C18H20N2O. The van der Waals surface area contributed by atoms with Crippen LogP contribution in [0.15, 0.2) is 42.5 Å². The first-order chi connectivity index (χ1) is 10.2. The van der Waals surface area contributed by atoms with Crippen LogP contribution in [0.5, 0.6) is 5.75 Å². The van der Waals surface area contributed by atoms with Crippen LogP contribution < -0.4 is 10.5 Å². The van der Waals surface area contributed by atoms with Gasteiger partial charge >= 0.3 is 0 Å². The van der Waals surface area contributed by atoms with E-state index < -0.39 is 0 Å². The Labute approximate surface area is 124 Å². The van der Waals surface area contributed by atoms with Crippen molar-refractivity contribution in [1.82, 2.24) is 4.98 Å². The van der Waals surface area contributed by atoms with E-state index in [0.717, 1.165) is 28.9 Å². The third-order valence-corrected chi connectivity index (χ3v) is 3.86. The van der Waals surface area contributed by atoms with Crippen LogP contribution in [0.2, 0.25) is 0 Å². The number of methoxy groups -OCH3 is 1. The molecule has 0 bridgehead atoms. The van der Waals surface area contributed by atoms with Crippen LogP contribution in [0.1, 0.15) is 11.3 Å². The van der Waals surface area contributed by atoms with Crippen molar-refractivity contribution in [2.45, 2.75) is 13.3 Å². The highest BCUT2D eigenvalue weighted by molar-refractivity contribution is 5.98. The van der Waals surface area contributed by atoms with Crippen LogP contribution in [-0.4, -0.2) is 18.6 Å². The predicted octanol–water partition coefficient (Wildman–Crippen LogP) is 3.65. The summed E-state index contributed by atoms with van der Waals surface area (Å²) in [7, 11) is 1.71. The number of para-hydroxylation sites is 1. The molecule has 3 nitrogen and oxygen atoms in total. The second kappa shape index (κ2) is 5.62. The lowest BCUT2D eigenvalue weighted by Gasteiger charge is -2.11. The van der Waals surface area contributed by atoms with E-state index in [1.165, 1.54) is 16.5 Å². The minimum absolute atomic E-state index is 0.651. The number of aromatic nitrogens is 1. The number of nitrogens with one attached hydrogen (secondary N) is 1. The van der Waals surface area contributed by atoms with Crippen molar-refractivity contribution in [2.24, 2.45) is 5.73 Å². The molecule has 3 rings (SSSR count). The van der Waals surface area contributed by atoms with Gasteiger partial charge in [-0.1, -0.05) is 24.3 Å². The number of rotatable bonds is 4. The average Bonchev–Trinajstić information content (AvgIpc) is 2.83. The van der Waals surface area contributed by atoms with Crippen LogP contribution >= 0.6 is 0 Å². The van der Waals surface area contributed by atoms with Gasteiger partial charge in [-0.05, 0) is 43.7 Å². The van der Waals surface area contributed by atoms with Crippen molar-refractivity contribution < 1.29 is 4.74 Å². The summed E-state index contributed by atoms with van der Waals surface area (Å²) in [5, 5.41) is 1.22. The van der Waals surface area contributed by atoms with E-state index in [-0.39, 0.29) is 0 Å². The lowest BCUT2D eigenvalue weighted by molar-refractivity contribution is 0.416. The van der Waals surface area contributed by atoms with Gasteiger partial charge in [0.2, 0.25) is 0 Å². The van der Waals surface area contributed by atoms with Gasteiger partial charge in [0.05, 0.1) is 7.11 Å². The summed E-state index contributed by atoms with van der Waals surface area (Å²) in [5.41, 5.74) is 11.6. The molecule has 0 saturated carbocycles. The number of H-pyrrole nitrogens is 1. The summed E-state index contributed by atoms with van der Waals surface area (Å²) in [6.07, 6.45) is 0.873. The van der Waals surface area contributed by atoms with E-state index in [2.05, 4.69) is 42.2 Å². The molecule has 3 aromatic rings. The van der Waals surface area contributed by atoms with Gasteiger partial charge in [0, 0.05) is 27.7 Å². The molecule has 108 valence electrons. The van der Waals surface area contributed by atoms with E-state index in [1.807, 2.05) is 12.1 Å². The Morgan fingerprint density at radius 1 is 1.14 bits per heavy atom. The number of aromatic amines is 1. The van der Waals surface area contributed by atoms with E-state index in [9.17, 15) is 0 Å². The Balaban J connectivity index is 2.25. The Morgan fingerprint density at radius 3 is 2.71 bits per heavy atom. The Hall–Kier alpha value is -2.26. The second-order valence-electron chi connectivity index (χ2n) is 5.24. The third-order valence-electron chi connectivity index (χ3n) is 3.86. The van der Waals surface area contributed by atoms with Crippen molar-refractivity contribution in [2.75, 3.05) is 13.7 Å². The second-order valence-corrected chi connectivity index (χ2v) is 5.24. The number of aryl methyl sites for hydroxylation is 1. The minimum atomic E-state index is 0.651. The first-order valence-corrected chi connectivity index (χ1v) is 7.19. The summed E-state index contributed by atoms with van der Waals surface area (Å²) in [4.78, 5) is 3.45. The molecule has 1 aromatic heterocycles. The molecular weight excluding hydrogens is 260 g/mol. The van der Waals surface area contributed by atoms with E-state index in [4.69, 9.17) is 10.5 Å². The van der Waals surface area contributed by atoms with Crippen molar-refractivity contribution in [3.05, 3.63) is 53.7 Å². The molecule has 2 aromatic carbocycles. The summed E-state index contributed by atoms with van der Waals surface area (Å²) in [6, 6.07) is 14.7. The summed E-state index contributed by atoms with van der Waals surface area (Å²) in [6.45, 7) is 2.75. The number of ether oxygens (including phenoxy) is 1. The number of fused-ring (bicyclic) bond motifs is 1. The normalized spacial score (nSPS) is 11.0. The van der Waals surface area contributed by atoms with Gasteiger partial charge in [-0.25, -0.2) is 0 Å². The number of hydrogen-bond donors (Lipinski definition) is 2. The zero-order valence-corrected chi connectivity index (χ0v) is 12.4. The fourth-order valence-corrected chi connectivity index (χ4v) is 2.90. The molecule has 3 N–H and O–H groups in total. The highest BCUT2D eigenvalue weighted by Crippen LogP contribution is 2.38. The quantitative estimate of drug-likeness (QED) is 0.766. The number of nitrogens with two attached hydrogens (primary N) is 1. The van der Waals surface area contributed by atoms with Crippen LogP contribution in [0.25, 0.3) is 22.0 Å². The number of benzene rings is 2. The van der Waals surface area contributed by atoms with Crippen molar-refractivity contribution in [1.29, 1.82) is 0 Å². The fraction of sp³-hybridized carbons (Fsp3) is 0.222. The van der Waals surface area contributed by atoms with Crippen molar-refractivity contribution >= 4 is 10.9 Å². The lowest BCUT2D eigenvalue weighted by atomic mass is 9.98. The molecule has 0 atom stereocenters. The molecule has 0 spiro atoms. The van der Waals surface area contributed by atoms with Gasteiger partial charge in [-0.2, -0.15) is 0 Å². The van der Waals surface area contributed by atoms with Gasteiger partial charge in [0.25, 0.3) is 0 Å². The predicted molar refractivity (Wildman–Crippen MR) is 87.8 cm³/mol. The van der Waals surface area contributed by atoms with Gasteiger partial charge < -0.3 is 15.5 Å². The summed E-state index contributed by atoms with van der Waals surface area (Å²) < 4.78 is 5.56. The standard InChI is InChI=1S/C18H20N2O/c1-12-18(14-5-3-4-6-16(14)20-12)15-11-13(9-10-19)7-8-17(15)21-2/h3-8,11,20H,9-10,19H2,1-2H3. The topological polar surface area (TPSA) is 51.0 Å². The highest BCUT2D eigenvalue weighted by Gasteiger charge is 2.14. The Morgan fingerprint density at radius 2 is 1.95 bits per heavy atom. The van der Waals surface area contributed by atoms with Crippen LogP contribution in [0.4, 0.5) is 0 Å². The summed E-state index contributed by atoms with van der Waals surface area (Å²) in [5.74, 6) is 0.892. The van der Waals surface area contributed by atoms with E-state index in [1.54, 1.807) is 7.11 Å². The largest absolute Gasteiger partial charge is 0.496 e. The van der Waals surface area contributed by atoms with Crippen LogP contribution in [0.3, 0.4) is 0 Å². The maximum atomic E-state index is 5.68. The number of hydrogen-bond acceptors (Lipinski definition) is 2. The van der Waals surface area contributed by atoms with Crippen molar-refractivity contribution in [3.63, 3.8) is 0 Å². The molecule has 0 aliphatic rings. The molecule has 0 amide bonds. The lowest BCUT2D eigenvalue weighted by Crippen LogP contribution is -2.03. The van der Waals surface area contributed by atoms with E-state index >= 15 is 0 Å².